The number of para-hydroxylation sites is 2. The minimum Gasteiger partial charge on any atom is -0.507 e. The Balaban J connectivity index is 1.85. The van der Waals surface area contributed by atoms with E-state index in [-0.39, 0.29) is 11.3 Å². The fourth-order valence-corrected chi connectivity index (χ4v) is 3.16. The second kappa shape index (κ2) is 7.52. The van der Waals surface area contributed by atoms with Crippen molar-refractivity contribution < 1.29 is 19.4 Å². The summed E-state index contributed by atoms with van der Waals surface area (Å²) in [5, 5.41) is 12.8. The predicted molar refractivity (Wildman–Crippen MR) is 110 cm³/mol. The smallest absolute Gasteiger partial charge is 0.283 e. The van der Waals surface area contributed by atoms with Crippen LogP contribution >= 0.6 is 0 Å². The highest BCUT2D eigenvalue weighted by atomic mass is 16.5. The van der Waals surface area contributed by atoms with Crippen molar-refractivity contribution in [3.05, 3.63) is 90.0 Å². The van der Waals surface area contributed by atoms with Gasteiger partial charge in [0.1, 0.15) is 17.1 Å². The number of hydrogen-bond acceptors (Lipinski definition) is 4. The van der Waals surface area contributed by atoms with Gasteiger partial charge in [0.2, 0.25) is 0 Å². The normalized spacial score (nSPS) is 13.8. The molecule has 1 aliphatic rings. The van der Waals surface area contributed by atoms with E-state index in [9.17, 15) is 14.7 Å². The second-order valence-corrected chi connectivity index (χ2v) is 6.39. The van der Waals surface area contributed by atoms with Crippen LogP contribution in [-0.4, -0.2) is 24.0 Å². The standard InChI is InChI=1S/C23H18N2O4/c1-29-19-12-13-21(26)16(14-19)15-20-22(27)24(17-8-4-2-5-9-17)25(23(20)28)18-10-6-3-7-11-18/h2-15,26H,1H3. The Morgan fingerprint density at radius 2 is 1.31 bits per heavy atom. The van der Waals surface area contributed by atoms with Crippen molar-refractivity contribution in [1.82, 2.24) is 0 Å². The van der Waals surface area contributed by atoms with Crippen molar-refractivity contribution >= 4 is 29.3 Å². The summed E-state index contributed by atoms with van der Waals surface area (Å²) < 4.78 is 5.18. The van der Waals surface area contributed by atoms with Crippen LogP contribution in [-0.2, 0) is 9.59 Å². The van der Waals surface area contributed by atoms with E-state index in [2.05, 4.69) is 0 Å². The lowest BCUT2D eigenvalue weighted by atomic mass is 10.1. The zero-order valence-electron chi connectivity index (χ0n) is 15.6. The van der Waals surface area contributed by atoms with Gasteiger partial charge in [-0.3, -0.25) is 9.59 Å². The van der Waals surface area contributed by atoms with E-state index in [0.29, 0.717) is 22.7 Å². The molecule has 1 saturated heterocycles. The quantitative estimate of drug-likeness (QED) is 0.547. The van der Waals surface area contributed by atoms with E-state index >= 15 is 0 Å². The van der Waals surface area contributed by atoms with Gasteiger partial charge >= 0.3 is 0 Å². The summed E-state index contributed by atoms with van der Waals surface area (Å²) in [6, 6.07) is 22.5. The van der Waals surface area contributed by atoms with Gasteiger partial charge in [0.25, 0.3) is 11.8 Å². The molecule has 0 aromatic heterocycles. The average molecular weight is 386 g/mol. The molecule has 0 aliphatic carbocycles. The van der Waals surface area contributed by atoms with Crippen LogP contribution < -0.4 is 14.8 Å². The fourth-order valence-electron chi connectivity index (χ4n) is 3.16. The van der Waals surface area contributed by atoms with Gasteiger partial charge in [0, 0.05) is 5.56 Å². The first kappa shape index (κ1) is 18.3. The van der Waals surface area contributed by atoms with Crippen molar-refractivity contribution in [1.29, 1.82) is 0 Å². The number of phenolic OH excluding ortho intramolecular Hbond substituents is 1. The van der Waals surface area contributed by atoms with Crippen LogP contribution in [0.3, 0.4) is 0 Å². The molecule has 0 atom stereocenters. The predicted octanol–water partition coefficient (Wildman–Crippen LogP) is 3.78. The van der Waals surface area contributed by atoms with E-state index < -0.39 is 11.8 Å². The van der Waals surface area contributed by atoms with E-state index in [0.717, 1.165) is 0 Å². The van der Waals surface area contributed by atoms with Crippen molar-refractivity contribution in [3.63, 3.8) is 0 Å². The number of methoxy groups -OCH3 is 1. The number of anilines is 2. The molecule has 0 bridgehead atoms. The lowest BCUT2D eigenvalue weighted by molar-refractivity contribution is -0.116. The van der Waals surface area contributed by atoms with Gasteiger partial charge in [-0.15, -0.1) is 0 Å². The lowest BCUT2D eigenvalue weighted by Crippen LogP contribution is -2.41. The first-order valence-corrected chi connectivity index (χ1v) is 8.98. The fraction of sp³-hybridized carbons (Fsp3) is 0.0435. The lowest BCUT2D eigenvalue weighted by Gasteiger charge is -2.27. The molecule has 1 heterocycles. The molecule has 2 amide bonds. The van der Waals surface area contributed by atoms with Crippen LogP contribution in [0.2, 0.25) is 0 Å². The van der Waals surface area contributed by atoms with E-state index in [1.807, 2.05) is 12.1 Å². The zero-order chi connectivity index (χ0) is 20.4. The van der Waals surface area contributed by atoms with Gasteiger partial charge in [-0.2, -0.15) is 0 Å². The Bertz CT molecular complexity index is 1030. The van der Waals surface area contributed by atoms with Crippen LogP contribution in [0.15, 0.2) is 84.4 Å². The van der Waals surface area contributed by atoms with Crippen LogP contribution in [0.1, 0.15) is 5.56 Å². The Kier molecular flexibility index (Phi) is 4.75. The van der Waals surface area contributed by atoms with E-state index in [4.69, 9.17) is 4.74 Å². The van der Waals surface area contributed by atoms with Crippen molar-refractivity contribution in [3.8, 4) is 11.5 Å². The number of nitrogens with zero attached hydrogens (tertiary/aromatic N) is 2. The molecule has 0 spiro atoms. The third-order valence-corrected chi connectivity index (χ3v) is 4.58. The van der Waals surface area contributed by atoms with Crippen molar-refractivity contribution in [2.24, 2.45) is 0 Å². The van der Waals surface area contributed by atoms with Crippen molar-refractivity contribution in [2.45, 2.75) is 0 Å². The maximum Gasteiger partial charge on any atom is 0.283 e. The third kappa shape index (κ3) is 3.32. The average Bonchev–Trinajstić information content (AvgIpc) is 3.01. The SMILES string of the molecule is COc1ccc(O)c(C=C2C(=O)N(c3ccccc3)N(c3ccccc3)C2=O)c1. The molecular weight excluding hydrogens is 368 g/mol. The number of aromatic hydroxyl groups is 1. The van der Waals surface area contributed by atoms with Gasteiger partial charge < -0.3 is 9.84 Å². The highest BCUT2D eigenvalue weighted by molar-refractivity contribution is 6.38. The first-order chi connectivity index (χ1) is 14.1. The maximum atomic E-state index is 13.3. The Morgan fingerprint density at radius 3 is 1.79 bits per heavy atom. The third-order valence-electron chi connectivity index (χ3n) is 4.58. The number of hydrogen-bond donors (Lipinski definition) is 1. The summed E-state index contributed by atoms with van der Waals surface area (Å²) >= 11 is 0. The minimum absolute atomic E-state index is 0.0525. The molecule has 144 valence electrons. The molecule has 1 fully saturated rings. The second-order valence-electron chi connectivity index (χ2n) is 6.39. The van der Waals surface area contributed by atoms with Gasteiger partial charge in [-0.1, -0.05) is 36.4 Å². The number of carbonyl (C=O) groups excluding carboxylic acids is 2. The Morgan fingerprint density at radius 1 is 0.793 bits per heavy atom. The number of ether oxygens (including phenoxy) is 1. The van der Waals surface area contributed by atoms with Crippen molar-refractivity contribution in [2.75, 3.05) is 17.1 Å². The summed E-state index contributed by atoms with van der Waals surface area (Å²) in [5.41, 5.74) is 1.39. The molecule has 1 aliphatic heterocycles. The molecule has 3 aromatic carbocycles. The number of benzene rings is 3. The molecule has 0 unspecified atom stereocenters. The molecule has 4 rings (SSSR count). The van der Waals surface area contributed by atoms with Crippen LogP contribution in [0.5, 0.6) is 11.5 Å². The van der Waals surface area contributed by atoms with E-state index in [1.165, 1.54) is 29.3 Å². The number of phenols is 1. The molecular formula is C23H18N2O4. The summed E-state index contributed by atoms with van der Waals surface area (Å²) in [6.45, 7) is 0. The number of amides is 2. The highest BCUT2D eigenvalue weighted by Crippen LogP contribution is 2.33. The monoisotopic (exact) mass is 386 g/mol. The van der Waals surface area contributed by atoms with Gasteiger partial charge in [-0.25, -0.2) is 10.0 Å². The van der Waals surface area contributed by atoms with Crippen LogP contribution in [0, 0.1) is 0 Å². The largest absolute Gasteiger partial charge is 0.507 e. The molecule has 0 radical (unpaired) electrons. The first-order valence-electron chi connectivity index (χ1n) is 8.98. The summed E-state index contributed by atoms with van der Waals surface area (Å²) in [6.07, 6.45) is 1.39. The van der Waals surface area contributed by atoms with Crippen LogP contribution in [0.25, 0.3) is 6.08 Å². The van der Waals surface area contributed by atoms with E-state index in [1.54, 1.807) is 60.7 Å². The van der Waals surface area contributed by atoms with Gasteiger partial charge in [-0.05, 0) is 48.5 Å². The molecule has 3 aromatic rings. The van der Waals surface area contributed by atoms with Crippen LogP contribution in [0.4, 0.5) is 11.4 Å². The van der Waals surface area contributed by atoms with Gasteiger partial charge in [0.05, 0.1) is 18.5 Å². The Labute approximate surface area is 167 Å². The topological polar surface area (TPSA) is 70.1 Å². The zero-order valence-corrected chi connectivity index (χ0v) is 15.6. The number of rotatable bonds is 4. The minimum atomic E-state index is -0.479. The summed E-state index contributed by atoms with van der Waals surface area (Å²) in [5.74, 6) is -0.504. The summed E-state index contributed by atoms with van der Waals surface area (Å²) in [4.78, 5) is 26.5. The molecule has 6 heteroatoms. The molecule has 0 saturated carbocycles. The summed E-state index contributed by atoms with van der Waals surface area (Å²) in [7, 11) is 1.50. The molecule has 29 heavy (non-hydrogen) atoms. The maximum absolute atomic E-state index is 13.3. The van der Waals surface area contributed by atoms with Gasteiger partial charge in [0.15, 0.2) is 0 Å². The Hall–Kier alpha value is -4.06. The molecule has 1 N–H and O–H groups in total. The highest BCUT2D eigenvalue weighted by Gasteiger charge is 2.42. The molecule has 6 nitrogen and oxygen atoms in total. The number of hydrazine groups is 1. The number of carbonyl (C=O) groups is 2.